The van der Waals surface area contributed by atoms with E-state index >= 15 is 0 Å². The summed E-state index contributed by atoms with van der Waals surface area (Å²) in [6.45, 7) is 2.23. The van der Waals surface area contributed by atoms with Crippen LogP contribution < -0.4 is 0 Å². The standard InChI is InChI=1S/C14H17N.H2O/c1-2-3-4-8-13-11-10-12-7-5-6-9-14(12)15-13;/h5-7,9-11H,2-4,8H2,1H3;1H2. The highest BCUT2D eigenvalue weighted by molar-refractivity contribution is 5.78. The molecule has 2 N–H and O–H groups in total. The summed E-state index contributed by atoms with van der Waals surface area (Å²) in [4.78, 5) is 4.65. The van der Waals surface area contributed by atoms with E-state index in [-0.39, 0.29) is 5.48 Å². The molecule has 0 saturated carbocycles. The van der Waals surface area contributed by atoms with Crippen LogP contribution in [0.15, 0.2) is 36.4 Å². The van der Waals surface area contributed by atoms with Crippen molar-refractivity contribution in [2.75, 3.05) is 0 Å². The molecule has 0 radical (unpaired) electrons. The highest BCUT2D eigenvalue weighted by atomic mass is 16.0. The first-order valence-electron chi connectivity index (χ1n) is 5.75. The lowest BCUT2D eigenvalue weighted by Gasteiger charge is -2.02. The van der Waals surface area contributed by atoms with Crippen LogP contribution >= 0.6 is 0 Å². The van der Waals surface area contributed by atoms with E-state index < -0.39 is 0 Å². The van der Waals surface area contributed by atoms with Gasteiger partial charge in [-0.05, 0) is 25.0 Å². The second-order valence-electron chi connectivity index (χ2n) is 3.95. The Hall–Kier alpha value is -1.41. The normalized spacial score (nSPS) is 10.1. The van der Waals surface area contributed by atoms with Gasteiger partial charge in [0.25, 0.3) is 0 Å². The van der Waals surface area contributed by atoms with Gasteiger partial charge in [0.1, 0.15) is 0 Å². The van der Waals surface area contributed by atoms with Gasteiger partial charge in [-0.25, -0.2) is 0 Å². The van der Waals surface area contributed by atoms with E-state index in [2.05, 4.69) is 42.2 Å². The smallest absolute Gasteiger partial charge is 0.0705 e. The molecule has 0 unspecified atom stereocenters. The third kappa shape index (κ3) is 3.04. The van der Waals surface area contributed by atoms with Crippen molar-refractivity contribution in [3.05, 3.63) is 42.1 Å². The number of nitrogens with zero attached hydrogens (tertiary/aromatic N) is 1. The average Bonchev–Trinajstić information content (AvgIpc) is 2.29. The SMILES string of the molecule is CCCCCc1ccc2ccccc2n1.O. The van der Waals surface area contributed by atoms with Crippen molar-refractivity contribution < 1.29 is 5.48 Å². The number of unbranched alkanes of at least 4 members (excludes halogenated alkanes) is 2. The van der Waals surface area contributed by atoms with Gasteiger partial charge in [0.15, 0.2) is 0 Å². The zero-order valence-corrected chi connectivity index (χ0v) is 9.74. The number of aromatic nitrogens is 1. The number of benzene rings is 1. The summed E-state index contributed by atoms with van der Waals surface area (Å²) in [7, 11) is 0. The summed E-state index contributed by atoms with van der Waals surface area (Å²) in [5, 5.41) is 1.23. The van der Waals surface area contributed by atoms with Gasteiger partial charge in [0, 0.05) is 11.1 Å². The third-order valence-corrected chi connectivity index (χ3v) is 2.69. The minimum atomic E-state index is 0. The average molecular weight is 217 g/mol. The highest BCUT2D eigenvalue weighted by Gasteiger charge is 1.97. The molecule has 86 valence electrons. The number of rotatable bonds is 4. The molecule has 2 aromatic rings. The third-order valence-electron chi connectivity index (χ3n) is 2.69. The fourth-order valence-electron chi connectivity index (χ4n) is 1.80. The molecule has 0 bridgehead atoms. The van der Waals surface area contributed by atoms with Crippen LogP contribution in [0.3, 0.4) is 0 Å². The Balaban J connectivity index is 0.00000128. The van der Waals surface area contributed by atoms with Crippen molar-refractivity contribution in [1.29, 1.82) is 0 Å². The summed E-state index contributed by atoms with van der Waals surface area (Å²) in [6, 6.07) is 12.6. The maximum Gasteiger partial charge on any atom is 0.0705 e. The van der Waals surface area contributed by atoms with E-state index in [1.165, 1.54) is 30.3 Å². The van der Waals surface area contributed by atoms with Gasteiger partial charge in [0.2, 0.25) is 0 Å². The molecule has 0 atom stereocenters. The number of pyridine rings is 1. The Morgan fingerprint density at radius 1 is 1.00 bits per heavy atom. The zero-order chi connectivity index (χ0) is 10.5. The molecule has 16 heavy (non-hydrogen) atoms. The van der Waals surface area contributed by atoms with E-state index in [0.717, 1.165) is 11.9 Å². The minimum Gasteiger partial charge on any atom is -0.412 e. The van der Waals surface area contributed by atoms with Crippen LogP contribution in [0.4, 0.5) is 0 Å². The highest BCUT2D eigenvalue weighted by Crippen LogP contribution is 2.13. The lowest BCUT2D eigenvalue weighted by Crippen LogP contribution is -1.90. The number of para-hydroxylation sites is 1. The van der Waals surface area contributed by atoms with E-state index in [9.17, 15) is 0 Å². The Bertz CT molecular complexity index is 439. The second kappa shape index (κ2) is 6.23. The maximum absolute atomic E-state index is 4.65. The fraction of sp³-hybridized carbons (Fsp3) is 0.357. The molecule has 1 aromatic heterocycles. The molecule has 0 aliphatic carbocycles. The monoisotopic (exact) mass is 217 g/mol. The fourth-order valence-corrected chi connectivity index (χ4v) is 1.80. The number of aryl methyl sites for hydroxylation is 1. The van der Waals surface area contributed by atoms with Crippen LogP contribution in [-0.2, 0) is 6.42 Å². The summed E-state index contributed by atoms with van der Waals surface area (Å²) >= 11 is 0. The van der Waals surface area contributed by atoms with Crippen LogP contribution in [0.5, 0.6) is 0 Å². The zero-order valence-electron chi connectivity index (χ0n) is 9.74. The molecule has 0 saturated heterocycles. The summed E-state index contributed by atoms with van der Waals surface area (Å²) < 4.78 is 0. The summed E-state index contributed by atoms with van der Waals surface area (Å²) in [5.74, 6) is 0. The van der Waals surface area contributed by atoms with Crippen molar-refractivity contribution in [1.82, 2.24) is 4.98 Å². The molecule has 0 aliphatic heterocycles. The Kier molecular flexibility index (Phi) is 4.93. The van der Waals surface area contributed by atoms with Crippen LogP contribution in [0.25, 0.3) is 10.9 Å². The molecule has 0 amide bonds. The van der Waals surface area contributed by atoms with Gasteiger partial charge in [-0.15, -0.1) is 0 Å². The molecular weight excluding hydrogens is 198 g/mol. The van der Waals surface area contributed by atoms with E-state index in [0.29, 0.717) is 0 Å². The first-order chi connectivity index (χ1) is 7.40. The maximum atomic E-state index is 4.65. The van der Waals surface area contributed by atoms with E-state index in [1.54, 1.807) is 0 Å². The van der Waals surface area contributed by atoms with Gasteiger partial charge < -0.3 is 5.48 Å². The van der Waals surface area contributed by atoms with Crippen molar-refractivity contribution >= 4 is 10.9 Å². The van der Waals surface area contributed by atoms with Gasteiger partial charge in [-0.2, -0.15) is 0 Å². The molecule has 2 heteroatoms. The van der Waals surface area contributed by atoms with Crippen LogP contribution in [0, 0.1) is 0 Å². The molecule has 0 aliphatic rings. The summed E-state index contributed by atoms with van der Waals surface area (Å²) in [5.41, 5.74) is 2.34. The molecule has 1 aromatic carbocycles. The minimum absolute atomic E-state index is 0. The molecular formula is C14H19NO. The number of fused-ring (bicyclic) bond motifs is 1. The molecule has 0 spiro atoms. The van der Waals surface area contributed by atoms with E-state index in [4.69, 9.17) is 0 Å². The second-order valence-corrected chi connectivity index (χ2v) is 3.95. The van der Waals surface area contributed by atoms with E-state index in [1.807, 2.05) is 6.07 Å². The van der Waals surface area contributed by atoms with Crippen molar-refractivity contribution in [2.24, 2.45) is 0 Å². The number of hydrogen-bond donors (Lipinski definition) is 0. The Labute approximate surface area is 96.6 Å². The molecule has 2 rings (SSSR count). The molecule has 2 nitrogen and oxygen atoms in total. The van der Waals surface area contributed by atoms with Crippen molar-refractivity contribution in [3.8, 4) is 0 Å². The Morgan fingerprint density at radius 3 is 2.62 bits per heavy atom. The van der Waals surface area contributed by atoms with Crippen LogP contribution in [-0.4, -0.2) is 10.5 Å². The van der Waals surface area contributed by atoms with Crippen LogP contribution in [0.1, 0.15) is 31.9 Å². The van der Waals surface area contributed by atoms with Crippen LogP contribution in [0.2, 0.25) is 0 Å². The van der Waals surface area contributed by atoms with Crippen molar-refractivity contribution in [2.45, 2.75) is 32.6 Å². The molecule has 1 heterocycles. The van der Waals surface area contributed by atoms with Crippen molar-refractivity contribution in [3.63, 3.8) is 0 Å². The van der Waals surface area contributed by atoms with Gasteiger partial charge in [-0.3, -0.25) is 4.98 Å². The quantitative estimate of drug-likeness (QED) is 0.725. The largest absolute Gasteiger partial charge is 0.412 e. The summed E-state index contributed by atoms with van der Waals surface area (Å²) in [6.07, 6.45) is 4.93. The first kappa shape index (κ1) is 12.7. The number of hydrogen-bond acceptors (Lipinski definition) is 1. The molecule has 0 fully saturated rings. The van der Waals surface area contributed by atoms with Gasteiger partial charge >= 0.3 is 0 Å². The predicted octanol–water partition coefficient (Wildman–Crippen LogP) is 3.14. The lowest BCUT2D eigenvalue weighted by molar-refractivity contribution is 0.709. The first-order valence-corrected chi connectivity index (χ1v) is 5.75. The predicted molar refractivity (Wildman–Crippen MR) is 68.6 cm³/mol. The van der Waals surface area contributed by atoms with Gasteiger partial charge in [-0.1, -0.05) is 44.0 Å². The topological polar surface area (TPSA) is 44.4 Å². The Morgan fingerprint density at radius 2 is 1.81 bits per heavy atom. The van der Waals surface area contributed by atoms with Gasteiger partial charge in [0.05, 0.1) is 5.52 Å². The lowest BCUT2D eigenvalue weighted by atomic mass is 10.1.